The molecule has 1 aliphatic rings. The second-order valence-electron chi connectivity index (χ2n) is 6.60. The maximum absolute atomic E-state index is 3.76. The molecule has 1 rings (SSSR count). The molecule has 0 spiro atoms. The van der Waals surface area contributed by atoms with Crippen molar-refractivity contribution < 1.29 is 0 Å². The van der Waals surface area contributed by atoms with Crippen LogP contribution < -0.4 is 5.32 Å². The Hall–Kier alpha value is 0.270. The second kappa shape index (κ2) is 7.16. The molecule has 1 saturated heterocycles. The fourth-order valence-corrected chi connectivity index (χ4v) is 3.68. The van der Waals surface area contributed by atoms with Crippen LogP contribution >= 0.6 is 11.8 Å². The van der Waals surface area contributed by atoms with Crippen molar-refractivity contribution in [3.63, 3.8) is 0 Å². The first kappa shape index (κ1) is 16.3. The third-order valence-electron chi connectivity index (χ3n) is 4.28. The smallest absolute Gasteiger partial charge is 0.0244 e. The van der Waals surface area contributed by atoms with Crippen LogP contribution in [0.3, 0.4) is 0 Å². The first-order valence-electron chi connectivity index (χ1n) is 7.42. The number of hydrogen-bond donors (Lipinski definition) is 1. The van der Waals surface area contributed by atoms with Gasteiger partial charge in [0.1, 0.15) is 0 Å². The first-order valence-corrected chi connectivity index (χ1v) is 8.81. The molecule has 18 heavy (non-hydrogen) atoms. The van der Waals surface area contributed by atoms with E-state index in [1.807, 2.05) is 11.8 Å². The van der Waals surface area contributed by atoms with Crippen molar-refractivity contribution in [3.8, 4) is 0 Å². The second-order valence-corrected chi connectivity index (χ2v) is 7.51. The van der Waals surface area contributed by atoms with E-state index in [-0.39, 0.29) is 0 Å². The summed E-state index contributed by atoms with van der Waals surface area (Å²) in [5.41, 5.74) is 0.356. The van der Waals surface area contributed by atoms with Gasteiger partial charge in [-0.2, -0.15) is 11.8 Å². The molecule has 108 valence electrons. The van der Waals surface area contributed by atoms with Gasteiger partial charge in [-0.15, -0.1) is 0 Å². The maximum atomic E-state index is 3.76. The zero-order valence-corrected chi connectivity index (χ0v) is 13.9. The average molecular weight is 273 g/mol. The Morgan fingerprint density at radius 1 is 1.33 bits per heavy atom. The number of thioether (sulfide) groups is 1. The zero-order valence-electron chi connectivity index (χ0n) is 13.1. The van der Waals surface area contributed by atoms with Crippen molar-refractivity contribution in [2.24, 2.45) is 5.41 Å². The van der Waals surface area contributed by atoms with Crippen LogP contribution in [0, 0.1) is 5.41 Å². The van der Waals surface area contributed by atoms with Gasteiger partial charge < -0.3 is 5.32 Å². The van der Waals surface area contributed by atoms with E-state index in [0.29, 0.717) is 11.5 Å². The molecule has 2 nitrogen and oxygen atoms in total. The standard InChI is InChI=1S/C15H32N2S/c1-7-12-9-16-14(15(3,4)5)10-17(12)13(8-2)11-18-6/h12-14,16H,7-11H2,1-6H3. The number of hydrogen-bond acceptors (Lipinski definition) is 3. The van der Waals surface area contributed by atoms with Crippen molar-refractivity contribution in [2.75, 3.05) is 25.1 Å². The Kier molecular flexibility index (Phi) is 6.49. The molecule has 1 aliphatic heterocycles. The van der Waals surface area contributed by atoms with Gasteiger partial charge in [-0.25, -0.2) is 0 Å². The largest absolute Gasteiger partial charge is 0.311 e. The molecule has 0 aromatic carbocycles. The summed E-state index contributed by atoms with van der Waals surface area (Å²) in [5.74, 6) is 1.27. The normalized spacial score (nSPS) is 28.3. The molecule has 0 aliphatic carbocycles. The van der Waals surface area contributed by atoms with Gasteiger partial charge in [0.2, 0.25) is 0 Å². The zero-order chi connectivity index (χ0) is 13.8. The first-order chi connectivity index (χ1) is 8.43. The van der Waals surface area contributed by atoms with E-state index in [9.17, 15) is 0 Å². The predicted octanol–water partition coefficient (Wildman–Crippen LogP) is 3.23. The van der Waals surface area contributed by atoms with Gasteiger partial charge in [0.25, 0.3) is 0 Å². The third kappa shape index (κ3) is 4.14. The van der Waals surface area contributed by atoms with E-state index in [2.05, 4.69) is 51.1 Å². The van der Waals surface area contributed by atoms with Gasteiger partial charge >= 0.3 is 0 Å². The highest BCUT2D eigenvalue weighted by molar-refractivity contribution is 7.98. The van der Waals surface area contributed by atoms with Gasteiger partial charge in [0, 0.05) is 37.0 Å². The fraction of sp³-hybridized carbons (Fsp3) is 1.00. The van der Waals surface area contributed by atoms with Gasteiger partial charge in [-0.1, -0.05) is 34.6 Å². The van der Waals surface area contributed by atoms with Gasteiger partial charge in [0.15, 0.2) is 0 Å². The summed E-state index contributed by atoms with van der Waals surface area (Å²) in [7, 11) is 0. The van der Waals surface area contributed by atoms with Crippen LogP contribution in [0.15, 0.2) is 0 Å². The predicted molar refractivity (Wildman–Crippen MR) is 84.5 cm³/mol. The lowest BCUT2D eigenvalue weighted by Crippen LogP contribution is -2.62. The Morgan fingerprint density at radius 2 is 2.00 bits per heavy atom. The quantitative estimate of drug-likeness (QED) is 0.827. The van der Waals surface area contributed by atoms with E-state index < -0.39 is 0 Å². The molecule has 0 aromatic heterocycles. The minimum Gasteiger partial charge on any atom is -0.311 e. The van der Waals surface area contributed by atoms with E-state index in [1.54, 1.807) is 0 Å². The Morgan fingerprint density at radius 3 is 2.44 bits per heavy atom. The maximum Gasteiger partial charge on any atom is 0.0244 e. The Labute approximate surface area is 118 Å². The van der Waals surface area contributed by atoms with Crippen LogP contribution in [-0.2, 0) is 0 Å². The minimum atomic E-state index is 0.356. The molecular formula is C15H32N2S. The van der Waals surface area contributed by atoms with Gasteiger partial charge in [0.05, 0.1) is 0 Å². The summed E-state index contributed by atoms with van der Waals surface area (Å²) in [6.07, 6.45) is 4.76. The summed E-state index contributed by atoms with van der Waals surface area (Å²) in [4.78, 5) is 2.78. The average Bonchev–Trinajstić information content (AvgIpc) is 2.34. The molecule has 1 N–H and O–H groups in total. The molecule has 0 radical (unpaired) electrons. The lowest BCUT2D eigenvalue weighted by atomic mass is 9.84. The van der Waals surface area contributed by atoms with E-state index in [1.165, 1.54) is 25.1 Å². The molecule has 3 atom stereocenters. The molecule has 1 heterocycles. The summed E-state index contributed by atoms with van der Waals surface area (Å²) >= 11 is 1.99. The van der Waals surface area contributed by atoms with Crippen LogP contribution in [0.4, 0.5) is 0 Å². The van der Waals surface area contributed by atoms with E-state index in [4.69, 9.17) is 0 Å². The summed E-state index contributed by atoms with van der Waals surface area (Å²) < 4.78 is 0. The molecule has 3 heteroatoms. The van der Waals surface area contributed by atoms with Crippen molar-refractivity contribution in [1.29, 1.82) is 0 Å². The molecular weight excluding hydrogens is 240 g/mol. The SMILES string of the molecule is CCC1CNC(C(C)(C)C)CN1C(CC)CSC. The number of rotatable bonds is 5. The van der Waals surface area contributed by atoms with Gasteiger partial charge in [-0.3, -0.25) is 4.90 Å². The highest BCUT2D eigenvalue weighted by Gasteiger charge is 2.35. The molecule has 1 fully saturated rings. The Balaban J connectivity index is 2.75. The van der Waals surface area contributed by atoms with Crippen LogP contribution in [-0.4, -0.2) is 48.1 Å². The van der Waals surface area contributed by atoms with E-state index in [0.717, 1.165) is 18.6 Å². The van der Waals surface area contributed by atoms with Crippen LogP contribution in [0.25, 0.3) is 0 Å². The monoisotopic (exact) mass is 272 g/mol. The third-order valence-corrected chi connectivity index (χ3v) is 5.00. The summed E-state index contributed by atoms with van der Waals surface area (Å²) in [5, 5.41) is 3.76. The number of nitrogens with zero attached hydrogens (tertiary/aromatic N) is 1. The highest BCUT2D eigenvalue weighted by Crippen LogP contribution is 2.26. The van der Waals surface area contributed by atoms with Crippen LogP contribution in [0.2, 0.25) is 0 Å². The molecule has 0 saturated carbocycles. The van der Waals surface area contributed by atoms with Gasteiger partial charge in [-0.05, 0) is 24.5 Å². The molecule has 0 amide bonds. The van der Waals surface area contributed by atoms with Crippen molar-refractivity contribution >= 4 is 11.8 Å². The summed E-state index contributed by atoms with van der Waals surface area (Å²) in [6.45, 7) is 14.1. The molecule has 0 bridgehead atoms. The molecule has 0 aromatic rings. The lowest BCUT2D eigenvalue weighted by Gasteiger charge is -2.48. The topological polar surface area (TPSA) is 15.3 Å². The minimum absolute atomic E-state index is 0.356. The van der Waals surface area contributed by atoms with Crippen molar-refractivity contribution in [1.82, 2.24) is 10.2 Å². The lowest BCUT2D eigenvalue weighted by molar-refractivity contribution is 0.0538. The highest BCUT2D eigenvalue weighted by atomic mass is 32.2. The number of nitrogens with one attached hydrogen (secondary N) is 1. The fourth-order valence-electron chi connectivity index (χ4n) is 2.87. The van der Waals surface area contributed by atoms with Crippen LogP contribution in [0.1, 0.15) is 47.5 Å². The molecule has 3 unspecified atom stereocenters. The van der Waals surface area contributed by atoms with Crippen LogP contribution in [0.5, 0.6) is 0 Å². The van der Waals surface area contributed by atoms with Crippen molar-refractivity contribution in [2.45, 2.75) is 65.6 Å². The van der Waals surface area contributed by atoms with E-state index >= 15 is 0 Å². The summed E-state index contributed by atoms with van der Waals surface area (Å²) in [6, 6.07) is 2.09. The van der Waals surface area contributed by atoms with Crippen molar-refractivity contribution in [3.05, 3.63) is 0 Å². The Bertz CT molecular complexity index is 237. The number of piperazine rings is 1.